The lowest BCUT2D eigenvalue weighted by atomic mass is 10.2. The highest BCUT2D eigenvalue weighted by Gasteiger charge is 2.28. The topological polar surface area (TPSA) is 58.4 Å². The highest BCUT2D eigenvalue weighted by atomic mass is 16.1. The predicted molar refractivity (Wildman–Crippen MR) is 87.1 cm³/mol. The third-order valence-corrected chi connectivity index (χ3v) is 3.96. The third-order valence-electron chi connectivity index (χ3n) is 3.96. The van der Waals surface area contributed by atoms with Crippen molar-refractivity contribution in [1.29, 1.82) is 0 Å². The second-order valence-corrected chi connectivity index (χ2v) is 5.82. The Morgan fingerprint density at radius 2 is 2.00 bits per heavy atom. The maximum Gasteiger partial charge on any atom is 0.225 e. The first kappa shape index (κ1) is 16.0. The first-order valence-corrected chi connectivity index (χ1v) is 8.06. The molecule has 0 saturated heterocycles. The average molecular weight is 289 g/mol. The van der Waals surface area contributed by atoms with E-state index in [1.165, 1.54) is 25.7 Å². The smallest absolute Gasteiger partial charge is 0.225 e. The van der Waals surface area contributed by atoms with Crippen LogP contribution < -0.4 is 11.1 Å². The van der Waals surface area contributed by atoms with Gasteiger partial charge in [-0.1, -0.05) is 25.5 Å². The summed E-state index contributed by atoms with van der Waals surface area (Å²) in [7, 11) is 0. The zero-order chi connectivity index (χ0) is 15.1. The van der Waals surface area contributed by atoms with Gasteiger partial charge >= 0.3 is 0 Å². The van der Waals surface area contributed by atoms with Gasteiger partial charge in [-0.3, -0.25) is 9.69 Å². The lowest BCUT2D eigenvalue weighted by Gasteiger charge is -2.21. The fraction of sp³-hybridized carbons (Fsp3) is 0.588. The van der Waals surface area contributed by atoms with Gasteiger partial charge in [0.15, 0.2) is 0 Å². The van der Waals surface area contributed by atoms with Crippen LogP contribution in [0.4, 0.5) is 5.69 Å². The number of nitrogens with zero attached hydrogens (tertiary/aromatic N) is 1. The summed E-state index contributed by atoms with van der Waals surface area (Å²) in [5, 5.41) is 2.96. The molecule has 2 rings (SSSR count). The minimum Gasteiger partial charge on any atom is -0.326 e. The Balaban J connectivity index is 1.74. The lowest BCUT2D eigenvalue weighted by Crippen LogP contribution is -2.30. The van der Waals surface area contributed by atoms with Gasteiger partial charge in [0.25, 0.3) is 0 Å². The van der Waals surface area contributed by atoms with E-state index in [0.717, 1.165) is 30.4 Å². The SMILES string of the molecule is CCCCN(CCC(=O)Nc1ccc(CN)cc1)C1CC1. The Morgan fingerprint density at radius 3 is 2.57 bits per heavy atom. The fourth-order valence-electron chi connectivity index (χ4n) is 2.47. The molecule has 1 amide bonds. The predicted octanol–water partition coefficient (Wildman–Crippen LogP) is 2.74. The number of amides is 1. The van der Waals surface area contributed by atoms with Gasteiger partial charge in [-0.15, -0.1) is 0 Å². The third kappa shape index (κ3) is 5.48. The molecule has 1 aromatic rings. The summed E-state index contributed by atoms with van der Waals surface area (Å²) in [5.41, 5.74) is 7.49. The van der Waals surface area contributed by atoms with Crippen molar-refractivity contribution in [2.45, 2.75) is 51.6 Å². The number of benzene rings is 1. The van der Waals surface area contributed by atoms with Crippen molar-refractivity contribution in [3.8, 4) is 0 Å². The summed E-state index contributed by atoms with van der Waals surface area (Å²) in [6.07, 6.45) is 5.60. The van der Waals surface area contributed by atoms with Crippen LogP contribution in [0.2, 0.25) is 0 Å². The Morgan fingerprint density at radius 1 is 1.29 bits per heavy atom. The van der Waals surface area contributed by atoms with Crippen LogP contribution in [0.3, 0.4) is 0 Å². The molecule has 0 heterocycles. The van der Waals surface area contributed by atoms with Crippen LogP contribution in [-0.2, 0) is 11.3 Å². The molecule has 0 aromatic heterocycles. The van der Waals surface area contributed by atoms with Crippen molar-refractivity contribution in [2.75, 3.05) is 18.4 Å². The number of anilines is 1. The minimum absolute atomic E-state index is 0.0950. The number of carbonyl (C=O) groups is 1. The van der Waals surface area contributed by atoms with Crippen molar-refractivity contribution in [1.82, 2.24) is 4.90 Å². The molecular formula is C17H27N3O. The van der Waals surface area contributed by atoms with Crippen LogP contribution in [0, 0.1) is 0 Å². The Hall–Kier alpha value is -1.39. The summed E-state index contributed by atoms with van der Waals surface area (Å²) in [6, 6.07) is 8.46. The van der Waals surface area contributed by atoms with E-state index >= 15 is 0 Å². The van der Waals surface area contributed by atoms with Gasteiger partial charge < -0.3 is 11.1 Å². The first-order chi connectivity index (χ1) is 10.2. The summed E-state index contributed by atoms with van der Waals surface area (Å²) >= 11 is 0. The molecule has 0 unspecified atom stereocenters. The zero-order valence-corrected chi connectivity index (χ0v) is 13.0. The van der Waals surface area contributed by atoms with Crippen molar-refractivity contribution in [2.24, 2.45) is 5.73 Å². The van der Waals surface area contributed by atoms with Gasteiger partial charge in [0.1, 0.15) is 0 Å². The molecule has 0 bridgehead atoms. The molecule has 1 fully saturated rings. The Bertz CT molecular complexity index is 440. The van der Waals surface area contributed by atoms with Crippen molar-refractivity contribution >= 4 is 11.6 Å². The molecule has 3 N–H and O–H groups in total. The monoisotopic (exact) mass is 289 g/mol. The van der Waals surface area contributed by atoms with E-state index in [1.807, 2.05) is 24.3 Å². The Labute approximate surface area is 127 Å². The Kier molecular flexibility index (Phi) is 6.21. The lowest BCUT2D eigenvalue weighted by molar-refractivity contribution is -0.116. The average Bonchev–Trinajstić information content (AvgIpc) is 3.33. The maximum absolute atomic E-state index is 12.0. The second kappa shape index (κ2) is 8.15. The van der Waals surface area contributed by atoms with Crippen molar-refractivity contribution < 1.29 is 4.79 Å². The van der Waals surface area contributed by atoms with Crippen LogP contribution in [0.15, 0.2) is 24.3 Å². The van der Waals surface area contributed by atoms with Gasteiger partial charge in [0.05, 0.1) is 0 Å². The number of unbranched alkanes of at least 4 members (excludes halogenated alkanes) is 1. The first-order valence-electron chi connectivity index (χ1n) is 8.06. The van der Waals surface area contributed by atoms with E-state index in [9.17, 15) is 4.79 Å². The van der Waals surface area contributed by atoms with Gasteiger partial charge in [0.2, 0.25) is 5.91 Å². The number of nitrogens with two attached hydrogens (primary N) is 1. The van der Waals surface area contributed by atoms with Crippen molar-refractivity contribution in [3.63, 3.8) is 0 Å². The minimum atomic E-state index is 0.0950. The van der Waals surface area contributed by atoms with Gasteiger partial charge in [-0.2, -0.15) is 0 Å². The normalized spacial score (nSPS) is 14.4. The maximum atomic E-state index is 12.0. The van der Waals surface area contributed by atoms with E-state index in [4.69, 9.17) is 5.73 Å². The molecule has 0 atom stereocenters. The van der Waals surface area contributed by atoms with Crippen LogP contribution in [0.5, 0.6) is 0 Å². The molecule has 21 heavy (non-hydrogen) atoms. The quantitative estimate of drug-likeness (QED) is 0.735. The number of hydrogen-bond donors (Lipinski definition) is 2. The molecular weight excluding hydrogens is 262 g/mol. The van der Waals surface area contributed by atoms with Crippen LogP contribution in [-0.4, -0.2) is 29.9 Å². The summed E-state index contributed by atoms with van der Waals surface area (Å²) in [4.78, 5) is 14.5. The molecule has 0 aliphatic heterocycles. The number of hydrogen-bond acceptors (Lipinski definition) is 3. The van der Waals surface area contributed by atoms with E-state index < -0.39 is 0 Å². The van der Waals surface area contributed by atoms with E-state index in [-0.39, 0.29) is 5.91 Å². The summed E-state index contributed by atoms with van der Waals surface area (Å²) in [6.45, 7) is 4.74. The highest BCUT2D eigenvalue weighted by molar-refractivity contribution is 5.90. The van der Waals surface area contributed by atoms with Gasteiger partial charge in [-0.05, 0) is 43.5 Å². The van der Waals surface area contributed by atoms with Crippen LogP contribution in [0.25, 0.3) is 0 Å². The molecule has 0 radical (unpaired) electrons. The van der Waals surface area contributed by atoms with Gasteiger partial charge in [-0.25, -0.2) is 0 Å². The zero-order valence-electron chi connectivity index (χ0n) is 13.0. The molecule has 1 aliphatic rings. The van der Waals surface area contributed by atoms with Gasteiger partial charge in [0, 0.05) is 31.2 Å². The standard InChI is InChI=1S/C17H27N3O/c1-2-3-11-20(16-8-9-16)12-10-17(21)19-15-6-4-14(13-18)5-7-15/h4-7,16H,2-3,8-13,18H2,1H3,(H,19,21). The van der Waals surface area contributed by atoms with E-state index in [2.05, 4.69) is 17.1 Å². The van der Waals surface area contributed by atoms with Crippen LogP contribution >= 0.6 is 0 Å². The van der Waals surface area contributed by atoms with E-state index in [0.29, 0.717) is 13.0 Å². The van der Waals surface area contributed by atoms with Crippen LogP contribution in [0.1, 0.15) is 44.6 Å². The second-order valence-electron chi connectivity index (χ2n) is 5.82. The summed E-state index contributed by atoms with van der Waals surface area (Å²) < 4.78 is 0. The molecule has 1 saturated carbocycles. The van der Waals surface area contributed by atoms with Crippen molar-refractivity contribution in [3.05, 3.63) is 29.8 Å². The number of carbonyl (C=O) groups excluding carboxylic acids is 1. The summed E-state index contributed by atoms with van der Waals surface area (Å²) in [5.74, 6) is 0.0950. The fourth-order valence-corrected chi connectivity index (χ4v) is 2.47. The highest BCUT2D eigenvalue weighted by Crippen LogP contribution is 2.27. The number of nitrogens with one attached hydrogen (secondary N) is 1. The molecule has 116 valence electrons. The molecule has 4 heteroatoms. The molecule has 1 aliphatic carbocycles. The number of rotatable bonds is 9. The molecule has 1 aromatic carbocycles. The molecule has 0 spiro atoms. The largest absolute Gasteiger partial charge is 0.326 e. The van der Waals surface area contributed by atoms with E-state index in [1.54, 1.807) is 0 Å². The molecule has 4 nitrogen and oxygen atoms in total.